The lowest BCUT2D eigenvalue weighted by Crippen LogP contribution is -2.58. The molecule has 2 aromatic rings. The number of hydroxylamine groups is 2. The van der Waals surface area contributed by atoms with Gasteiger partial charge in [-0.15, -0.1) is 5.06 Å². The molecule has 1 aliphatic carbocycles. The first-order valence-corrected chi connectivity index (χ1v) is 17.3. The minimum atomic E-state index is -1.20. The minimum Gasteiger partial charge on any atom is -0.481 e. The molecule has 1 aromatic heterocycles. The molecular weight excluding hydrogens is 666 g/mol. The Labute approximate surface area is 295 Å². The second-order valence-electron chi connectivity index (χ2n) is 12.8. The van der Waals surface area contributed by atoms with Crippen LogP contribution in [0.4, 0.5) is 4.79 Å². The molecule has 51 heavy (non-hydrogen) atoms. The van der Waals surface area contributed by atoms with E-state index in [2.05, 4.69) is 15.7 Å². The topological polar surface area (TPSA) is 202 Å². The van der Waals surface area contributed by atoms with Crippen LogP contribution in [0.2, 0.25) is 0 Å². The zero-order chi connectivity index (χ0) is 36.5. The highest BCUT2D eigenvalue weighted by atomic mass is 16.8. The molecular formula is C34H45N7O10. The van der Waals surface area contributed by atoms with E-state index >= 15 is 0 Å². The van der Waals surface area contributed by atoms with E-state index in [4.69, 9.17) is 14.3 Å². The quantitative estimate of drug-likeness (QED) is 0.239. The first kappa shape index (κ1) is 37.1. The number of para-hydroxylation sites is 1. The predicted molar refractivity (Wildman–Crippen MR) is 179 cm³/mol. The van der Waals surface area contributed by atoms with Crippen LogP contribution in [0.15, 0.2) is 36.4 Å². The molecule has 2 saturated heterocycles. The van der Waals surface area contributed by atoms with E-state index in [9.17, 15) is 33.9 Å². The van der Waals surface area contributed by atoms with Gasteiger partial charge in [0, 0.05) is 38.2 Å². The Bertz CT molecular complexity index is 1580. The molecule has 276 valence electrons. The van der Waals surface area contributed by atoms with Gasteiger partial charge in [0.2, 0.25) is 17.7 Å². The zero-order valence-corrected chi connectivity index (χ0v) is 28.8. The molecule has 3 atom stereocenters. The Morgan fingerprint density at radius 2 is 1.78 bits per heavy atom. The maximum absolute atomic E-state index is 13.7. The number of carboxylic acids is 1. The summed E-state index contributed by atoms with van der Waals surface area (Å²) in [6, 6.07) is 8.11. The van der Waals surface area contributed by atoms with Crippen molar-refractivity contribution in [3.8, 4) is 11.6 Å². The van der Waals surface area contributed by atoms with Crippen molar-refractivity contribution < 1.29 is 48.2 Å². The van der Waals surface area contributed by atoms with Gasteiger partial charge >= 0.3 is 12.1 Å². The number of ether oxygens (including phenoxy) is 2. The molecule has 5 rings (SSSR count). The van der Waals surface area contributed by atoms with Crippen LogP contribution in [-0.4, -0.2) is 129 Å². The van der Waals surface area contributed by atoms with Crippen LogP contribution in [0.25, 0.3) is 5.69 Å². The lowest BCUT2D eigenvalue weighted by Gasteiger charge is -2.39. The third kappa shape index (κ3) is 9.53. The van der Waals surface area contributed by atoms with Crippen LogP contribution < -0.4 is 15.4 Å². The maximum atomic E-state index is 13.7. The highest BCUT2D eigenvalue weighted by molar-refractivity contribution is 5.96. The van der Waals surface area contributed by atoms with Gasteiger partial charge in [0.25, 0.3) is 11.8 Å². The molecule has 3 N–H and O–H groups in total. The van der Waals surface area contributed by atoms with Crippen molar-refractivity contribution in [1.82, 2.24) is 35.3 Å². The van der Waals surface area contributed by atoms with Crippen molar-refractivity contribution in [1.29, 1.82) is 0 Å². The maximum Gasteiger partial charge on any atom is 0.527 e. The third-order valence-corrected chi connectivity index (χ3v) is 9.16. The summed E-state index contributed by atoms with van der Waals surface area (Å²) in [5.41, 5.74) is 0.405. The number of carbonyl (C=O) groups excluding carboxylic acids is 5. The van der Waals surface area contributed by atoms with E-state index in [0.29, 0.717) is 25.1 Å². The standard InChI is InChI=1S/C34H45N7O10/c1-3-49-34(48)51-40-18-17-38(20-22(40)2)33(47)25(14-15-30(43)44)36-31(45)26-19-29(41(37-26)24-11-5-4-6-12-24)50-21-28(42)39-16-8-13-27(39)32(46)35-23-9-7-10-23/h4-6,11-12,19,22-23,25,27H,3,7-10,13-18,20-21H2,1-2H3,(H,35,46)(H,36,45)(H,43,44)/t22-,25+,27+/m1/s1. The molecule has 17 nitrogen and oxygen atoms in total. The SMILES string of the molecule is CCOC(=O)ON1CCN(C(=O)[C@H](CCC(=O)O)NC(=O)c2cc(OCC(=O)N3CCC[C@H]3C(=O)NC3CCC3)n(-c3ccccc3)n2)C[C@H]1C. The van der Waals surface area contributed by atoms with Crippen LogP contribution in [-0.2, 0) is 28.8 Å². The molecule has 3 heterocycles. The summed E-state index contributed by atoms with van der Waals surface area (Å²) in [5.74, 6) is -2.86. The third-order valence-electron chi connectivity index (χ3n) is 9.16. The van der Waals surface area contributed by atoms with Gasteiger partial charge in [-0.1, -0.05) is 18.2 Å². The van der Waals surface area contributed by atoms with Crippen LogP contribution >= 0.6 is 0 Å². The number of nitrogens with one attached hydrogen (secondary N) is 2. The van der Waals surface area contributed by atoms with Crippen molar-refractivity contribution in [3.63, 3.8) is 0 Å². The number of amides is 4. The fourth-order valence-corrected chi connectivity index (χ4v) is 6.23. The first-order chi connectivity index (χ1) is 24.5. The highest BCUT2D eigenvalue weighted by Crippen LogP contribution is 2.24. The van der Waals surface area contributed by atoms with Crippen molar-refractivity contribution in [3.05, 3.63) is 42.1 Å². The summed E-state index contributed by atoms with van der Waals surface area (Å²) in [6.07, 6.45) is 2.78. The number of nitrogens with zero attached hydrogens (tertiary/aromatic N) is 5. The number of rotatable bonds is 14. The number of aromatic nitrogens is 2. The van der Waals surface area contributed by atoms with E-state index in [1.165, 1.54) is 25.6 Å². The second kappa shape index (κ2) is 17.2. The van der Waals surface area contributed by atoms with Crippen LogP contribution in [0.1, 0.15) is 69.3 Å². The molecule has 0 radical (unpaired) electrons. The lowest BCUT2D eigenvalue weighted by molar-refractivity contribution is -0.176. The van der Waals surface area contributed by atoms with Gasteiger partial charge in [0.1, 0.15) is 12.1 Å². The highest BCUT2D eigenvalue weighted by Gasteiger charge is 2.37. The summed E-state index contributed by atoms with van der Waals surface area (Å²) >= 11 is 0. The van der Waals surface area contributed by atoms with E-state index in [1.54, 1.807) is 44.2 Å². The van der Waals surface area contributed by atoms with Crippen molar-refractivity contribution in [2.75, 3.05) is 39.4 Å². The second-order valence-corrected chi connectivity index (χ2v) is 12.8. The number of hydrogen-bond donors (Lipinski definition) is 3. The molecule has 1 saturated carbocycles. The number of piperazine rings is 1. The van der Waals surface area contributed by atoms with E-state index in [0.717, 1.165) is 19.3 Å². The summed E-state index contributed by atoms with van der Waals surface area (Å²) in [7, 11) is 0. The van der Waals surface area contributed by atoms with Crippen molar-refractivity contribution in [2.45, 2.75) is 83.0 Å². The van der Waals surface area contributed by atoms with E-state index in [1.807, 2.05) is 0 Å². The van der Waals surface area contributed by atoms with Gasteiger partial charge in [-0.3, -0.25) is 24.0 Å². The summed E-state index contributed by atoms with van der Waals surface area (Å²) in [5, 5.41) is 20.9. The molecule has 0 spiro atoms. The number of carboxylic acid groups (broad SMARTS) is 1. The molecule has 17 heteroatoms. The predicted octanol–water partition coefficient (Wildman–Crippen LogP) is 1.49. The summed E-state index contributed by atoms with van der Waals surface area (Å²) < 4.78 is 12.1. The number of hydrogen-bond acceptors (Lipinski definition) is 11. The van der Waals surface area contributed by atoms with E-state index in [-0.39, 0.29) is 68.5 Å². The Morgan fingerprint density at radius 1 is 1.02 bits per heavy atom. The average Bonchev–Trinajstić information content (AvgIpc) is 3.76. The Morgan fingerprint density at radius 3 is 2.45 bits per heavy atom. The van der Waals surface area contributed by atoms with Crippen LogP contribution in [0.5, 0.6) is 5.88 Å². The summed E-state index contributed by atoms with van der Waals surface area (Å²) in [6.45, 7) is 4.03. The Balaban J connectivity index is 1.27. The van der Waals surface area contributed by atoms with Crippen molar-refractivity contribution >= 4 is 35.8 Å². The lowest BCUT2D eigenvalue weighted by atomic mass is 9.93. The molecule has 3 aliphatic rings. The Hall–Kier alpha value is -5.19. The molecule has 1 aromatic carbocycles. The van der Waals surface area contributed by atoms with Crippen molar-refractivity contribution in [2.24, 2.45) is 0 Å². The van der Waals surface area contributed by atoms with Gasteiger partial charge < -0.3 is 39.9 Å². The number of aliphatic carboxylic acids is 1. The molecule has 0 unspecified atom stereocenters. The average molecular weight is 712 g/mol. The molecule has 0 bridgehead atoms. The van der Waals surface area contributed by atoms with Crippen LogP contribution in [0.3, 0.4) is 0 Å². The van der Waals surface area contributed by atoms with Gasteiger partial charge in [-0.25, -0.2) is 9.48 Å². The monoisotopic (exact) mass is 711 g/mol. The molecule has 4 amide bonds. The fraction of sp³-hybridized carbons (Fsp3) is 0.559. The number of likely N-dealkylation sites (tertiary alicyclic amines) is 1. The largest absolute Gasteiger partial charge is 0.527 e. The molecule has 3 fully saturated rings. The van der Waals surface area contributed by atoms with Gasteiger partial charge in [-0.2, -0.15) is 5.10 Å². The smallest absolute Gasteiger partial charge is 0.481 e. The van der Waals surface area contributed by atoms with Gasteiger partial charge in [0.05, 0.1) is 24.9 Å². The molecule has 2 aliphatic heterocycles. The van der Waals surface area contributed by atoms with E-state index < -0.39 is 48.7 Å². The Kier molecular flexibility index (Phi) is 12.5. The minimum absolute atomic E-state index is 0.0781. The van der Waals surface area contributed by atoms with Crippen LogP contribution in [0, 0.1) is 0 Å². The van der Waals surface area contributed by atoms with Gasteiger partial charge in [0.15, 0.2) is 12.3 Å². The zero-order valence-electron chi connectivity index (χ0n) is 28.8. The number of carbonyl (C=O) groups is 6. The number of benzene rings is 1. The van der Waals surface area contributed by atoms with Gasteiger partial charge in [-0.05, 0) is 64.5 Å². The fourth-order valence-electron chi connectivity index (χ4n) is 6.23. The first-order valence-electron chi connectivity index (χ1n) is 17.3. The summed E-state index contributed by atoms with van der Waals surface area (Å²) in [4.78, 5) is 84.9. The normalized spacial score (nSPS) is 19.8.